The normalized spacial score (nSPS) is 18.4. The number of aromatic nitrogens is 1. The Morgan fingerprint density at radius 3 is 2.76 bits per heavy atom. The van der Waals surface area contributed by atoms with E-state index in [0.717, 1.165) is 12.2 Å². The first-order valence-electron chi connectivity index (χ1n) is 8.53. The third kappa shape index (κ3) is 4.41. The lowest BCUT2D eigenvalue weighted by atomic mass is 10.1. The zero-order valence-corrected chi connectivity index (χ0v) is 14.6. The van der Waals surface area contributed by atoms with Gasteiger partial charge in [0.05, 0.1) is 26.0 Å². The van der Waals surface area contributed by atoms with Crippen LogP contribution in [0.2, 0.25) is 0 Å². The summed E-state index contributed by atoms with van der Waals surface area (Å²) in [5.74, 6) is 1.93. The summed E-state index contributed by atoms with van der Waals surface area (Å²) in [6.45, 7) is 4.70. The van der Waals surface area contributed by atoms with E-state index in [1.54, 1.807) is 7.11 Å². The van der Waals surface area contributed by atoms with Crippen molar-refractivity contribution < 1.29 is 18.9 Å². The third-order valence-electron chi connectivity index (χ3n) is 3.94. The highest BCUT2D eigenvalue weighted by molar-refractivity contribution is 5.40. The summed E-state index contributed by atoms with van der Waals surface area (Å²) in [5.41, 5.74) is 0.763. The van der Waals surface area contributed by atoms with Crippen molar-refractivity contribution in [3.63, 3.8) is 0 Å². The molecule has 6 heteroatoms. The summed E-state index contributed by atoms with van der Waals surface area (Å²) in [6, 6.07) is 13.3. The number of rotatable bonds is 7. The Bertz CT molecular complexity index is 674. The molecule has 25 heavy (non-hydrogen) atoms. The zero-order valence-electron chi connectivity index (χ0n) is 14.6. The largest absolute Gasteiger partial charge is 0.490 e. The molecule has 0 aliphatic carbocycles. The highest BCUT2D eigenvalue weighted by Crippen LogP contribution is 2.33. The number of methoxy groups -OCH3 is 1. The molecule has 2 aromatic rings. The van der Waals surface area contributed by atoms with Crippen molar-refractivity contribution in [1.82, 2.24) is 10.3 Å². The quantitative estimate of drug-likeness (QED) is 0.833. The first-order valence-corrected chi connectivity index (χ1v) is 8.53. The topological polar surface area (TPSA) is 61.8 Å². The molecule has 6 nitrogen and oxygen atoms in total. The Morgan fingerprint density at radius 1 is 1.20 bits per heavy atom. The average molecular weight is 344 g/mol. The molecular weight excluding hydrogens is 320 g/mol. The lowest BCUT2D eigenvalue weighted by molar-refractivity contribution is -0.0454. The molecule has 1 N–H and O–H groups in total. The highest BCUT2D eigenvalue weighted by Gasteiger charge is 2.30. The van der Waals surface area contributed by atoms with Crippen molar-refractivity contribution in [3.8, 4) is 17.4 Å². The Hall–Kier alpha value is -2.31. The molecule has 1 aliphatic heterocycles. The van der Waals surface area contributed by atoms with Crippen molar-refractivity contribution in [2.45, 2.75) is 19.1 Å². The van der Waals surface area contributed by atoms with Gasteiger partial charge in [-0.3, -0.25) is 0 Å². The van der Waals surface area contributed by atoms with Gasteiger partial charge < -0.3 is 24.3 Å². The number of morpholine rings is 1. The Kier molecular flexibility index (Phi) is 6.09. The molecule has 2 heterocycles. The van der Waals surface area contributed by atoms with Crippen LogP contribution in [0.25, 0.3) is 0 Å². The SMILES string of the molecule is CCOc1ccccc1OC(c1cccc(OC)n1)C1CNCCO1. The van der Waals surface area contributed by atoms with Crippen molar-refractivity contribution in [1.29, 1.82) is 0 Å². The van der Waals surface area contributed by atoms with Crippen LogP contribution >= 0.6 is 0 Å². The molecule has 1 saturated heterocycles. The lowest BCUT2D eigenvalue weighted by Crippen LogP contribution is -2.43. The molecule has 0 bridgehead atoms. The zero-order chi connectivity index (χ0) is 17.5. The van der Waals surface area contributed by atoms with Gasteiger partial charge in [-0.1, -0.05) is 18.2 Å². The number of nitrogens with one attached hydrogen (secondary N) is 1. The van der Waals surface area contributed by atoms with Crippen molar-refractivity contribution >= 4 is 0 Å². The molecule has 2 unspecified atom stereocenters. The van der Waals surface area contributed by atoms with E-state index >= 15 is 0 Å². The van der Waals surface area contributed by atoms with Gasteiger partial charge in [0.1, 0.15) is 6.10 Å². The van der Waals surface area contributed by atoms with Crippen molar-refractivity contribution in [2.75, 3.05) is 33.4 Å². The highest BCUT2D eigenvalue weighted by atomic mass is 16.6. The van der Waals surface area contributed by atoms with Crippen LogP contribution < -0.4 is 19.5 Å². The van der Waals surface area contributed by atoms with E-state index in [-0.39, 0.29) is 12.2 Å². The van der Waals surface area contributed by atoms with Gasteiger partial charge in [0, 0.05) is 19.2 Å². The van der Waals surface area contributed by atoms with E-state index in [1.807, 2.05) is 49.4 Å². The fourth-order valence-electron chi connectivity index (χ4n) is 2.77. The predicted molar refractivity (Wildman–Crippen MR) is 94.4 cm³/mol. The Balaban J connectivity index is 1.91. The molecule has 1 aromatic heterocycles. The number of hydrogen-bond donors (Lipinski definition) is 1. The fourth-order valence-corrected chi connectivity index (χ4v) is 2.77. The second-order valence-electron chi connectivity index (χ2n) is 5.64. The number of hydrogen-bond acceptors (Lipinski definition) is 6. The fraction of sp³-hybridized carbons (Fsp3) is 0.421. The van der Waals surface area contributed by atoms with Gasteiger partial charge in [-0.25, -0.2) is 4.98 Å². The molecule has 0 saturated carbocycles. The molecule has 134 valence electrons. The second kappa shape index (κ2) is 8.69. The van der Waals surface area contributed by atoms with Crippen LogP contribution in [-0.4, -0.2) is 44.5 Å². The van der Waals surface area contributed by atoms with Gasteiger partial charge >= 0.3 is 0 Å². The maximum atomic E-state index is 6.32. The van der Waals surface area contributed by atoms with E-state index < -0.39 is 0 Å². The van der Waals surface area contributed by atoms with Gasteiger partial charge in [-0.15, -0.1) is 0 Å². The van der Waals surface area contributed by atoms with E-state index in [2.05, 4.69) is 10.3 Å². The van der Waals surface area contributed by atoms with Gasteiger partial charge in [-0.2, -0.15) is 0 Å². The minimum atomic E-state index is -0.371. The number of nitrogens with zero attached hydrogens (tertiary/aromatic N) is 1. The minimum Gasteiger partial charge on any atom is -0.490 e. The van der Waals surface area contributed by atoms with E-state index in [1.165, 1.54) is 0 Å². The van der Waals surface area contributed by atoms with Crippen LogP contribution in [0.1, 0.15) is 18.7 Å². The lowest BCUT2D eigenvalue weighted by Gasteiger charge is -2.31. The van der Waals surface area contributed by atoms with Crippen molar-refractivity contribution in [2.24, 2.45) is 0 Å². The van der Waals surface area contributed by atoms with Crippen LogP contribution in [0, 0.1) is 0 Å². The molecule has 0 radical (unpaired) electrons. The molecule has 1 fully saturated rings. The number of para-hydroxylation sites is 2. The summed E-state index contributed by atoms with van der Waals surface area (Å²) in [7, 11) is 1.60. The van der Waals surface area contributed by atoms with E-state index in [4.69, 9.17) is 18.9 Å². The van der Waals surface area contributed by atoms with Gasteiger partial charge in [-0.05, 0) is 25.1 Å². The number of ether oxygens (including phenoxy) is 4. The average Bonchev–Trinajstić information content (AvgIpc) is 2.68. The summed E-state index contributed by atoms with van der Waals surface area (Å²) in [6.07, 6.45) is -0.521. The monoisotopic (exact) mass is 344 g/mol. The Labute approximate surface area is 148 Å². The molecule has 0 spiro atoms. The van der Waals surface area contributed by atoms with Crippen LogP contribution in [0.4, 0.5) is 0 Å². The summed E-state index contributed by atoms with van der Waals surface area (Å²) in [4.78, 5) is 4.54. The Morgan fingerprint density at radius 2 is 2.04 bits per heavy atom. The molecule has 1 aliphatic rings. The molecular formula is C19H24N2O4. The van der Waals surface area contributed by atoms with Crippen LogP contribution in [0.5, 0.6) is 17.4 Å². The summed E-state index contributed by atoms with van der Waals surface area (Å²) < 4.78 is 23.2. The third-order valence-corrected chi connectivity index (χ3v) is 3.94. The maximum absolute atomic E-state index is 6.32. The van der Waals surface area contributed by atoms with E-state index in [0.29, 0.717) is 37.1 Å². The summed E-state index contributed by atoms with van der Waals surface area (Å²) in [5, 5.41) is 3.34. The van der Waals surface area contributed by atoms with Crippen LogP contribution in [-0.2, 0) is 4.74 Å². The number of benzene rings is 1. The predicted octanol–water partition coefficient (Wildman–Crippen LogP) is 2.60. The minimum absolute atomic E-state index is 0.150. The first-order chi connectivity index (χ1) is 12.3. The number of pyridine rings is 1. The van der Waals surface area contributed by atoms with Crippen molar-refractivity contribution in [3.05, 3.63) is 48.2 Å². The smallest absolute Gasteiger partial charge is 0.213 e. The van der Waals surface area contributed by atoms with Gasteiger partial charge in [0.2, 0.25) is 5.88 Å². The van der Waals surface area contributed by atoms with Gasteiger partial charge in [0.15, 0.2) is 17.6 Å². The van der Waals surface area contributed by atoms with Crippen LogP contribution in [0.15, 0.2) is 42.5 Å². The molecule has 2 atom stereocenters. The standard InChI is InChI=1S/C19H24N2O4/c1-3-23-15-8-4-5-9-16(15)25-19(17-13-20-11-12-24-17)14-7-6-10-18(21-14)22-2/h4-10,17,19-20H,3,11-13H2,1-2H3. The van der Waals surface area contributed by atoms with Crippen LogP contribution in [0.3, 0.4) is 0 Å². The van der Waals surface area contributed by atoms with E-state index in [9.17, 15) is 0 Å². The molecule has 1 aromatic carbocycles. The molecule has 0 amide bonds. The van der Waals surface area contributed by atoms with Gasteiger partial charge in [0.25, 0.3) is 0 Å². The molecule has 3 rings (SSSR count). The summed E-state index contributed by atoms with van der Waals surface area (Å²) >= 11 is 0. The maximum Gasteiger partial charge on any atom is 0.213 e. The second-order valence-corrected chi connectivity index (χ2v) is 5.64. The first kappa shape index (κ1) is 17.5.